The molecule has 3 aromatic rings. The Morgan fingerprint density at radius 1 is 1.29 bits per heavy atom. The van der Waals surface area contributed by atoms with Crippen molar-refractivity contribution < 1.29 is 19.2 Å². The molecule has 2 aromatic heterocycles. The smallest absolute Gasteiger partial charge is 0.435 e. The molecule has 0 aliphatic rings. The number of nitrogen functional groups attached to an aromatic ring is 1. The minimum atomic E-state index is -1.33. The molecule has 11 heteroatoms. The molecule has 2 heterocycles. The molecule has 28 heavy (non-hydrogen) atoms. The van der Waals surface area contributed by atoms with Gasteiger partial charge in [0.2, 0.25) is 0 Å². The molecule has 0 bridgehead atoms. The van der Waals surface area contributed by atoms with Crippen LogP contribution in [0.15, 0.2) is 35.4 Å². The van der Waals surface area contributed by atoms with Gasteiger partial charge in [-0.2, -0.15) is 9.28 Å². The second-order valence-corrected chi connectivity index (χ2v) is 6.58. The van der Waals surface area contributed by atoms with Gasteiger partial charge >= 0.3 is 12.0 Å². The van der Waals surface area contributed by atoms with E-state index in [1.54, 1.807) is 24.3 Å². The van der Waals surface area contributed by atoms with Crippen LogP contribution in [0.4, 0.5) is 4.79 Å². The highest BCUT2D eigenvalue weighted by Crippen LogP contribution is 2.18. The number of likely N-dealkylation sites (N-methyl/N-ethyl adjacent to an activating group) is 1. The van der Waals surface area contributed by atoms with E-state index in [1.807, 2.05) is 0 Å². The number of rotatable bonds is 4. The number of imidazole rings is 1. The van der Waals surface area contributed by atoms with Crippen molar-refractivity contribution in [1.29, 1.82) is 5.41 Å². The van der Waals surface area contributed by atoms with Gasteiger partial charge in [0.15, 0.2) is 11.2 Å². The van der Waals surface area contributed by atoms with E-state index in [0.29, 0.717) is 17.0 Å². The lowest BCUT2D eigenvalue weighted by Crippen LogP contribution is -2.51. The van der Waals surface area contributed by atoms with Gasteiger partial charge in [0.25, 0.3) is 5.56 Å². The summed E-state index contributed by atoms with van der Waals surface area (Å²) < 4.78 is 0.121. The molecular weight excluding hydrogens is 366 g/mol. The molecule has 144 valence electrons. The molecule has 11 nitrogen and oxygen atoms in total. The maximum Gasteiger partial charge on any atom is 0.520 e. The van der Waals surface area contributed by atoms with Crippen LogP contribution in [0.25, 0.3) is 22.6 Å². The van der Waals surface area contributed by atoms with Gasteiger partial charge in [-0.15, -0.1) is 0 Å². The third-order valence-electron chi connectivity index (χ3n) is 4.36. The first-order chi connectivity index (χ1) is 13.1. The molecule has 0 saturated heterocycles. The average molecular weight is 384 g/mol. The zero-order valence-corrected chi connectivity index (χ0v) is 15.1. The van der Waals surface area contributed by atoms with Crippen molar-refractivity contribution in [1.82, 2.24) is 19.5 Å². The SMILES string of the molecule is C[N+](C)(C(=O)O)C(=O)Cn1cnc2nc(-c3ccc(C(=N)N)cc3)[nH]c2c1=O. The van der Waals surface area contributed by atoms with Crippen LogP contribution in [-0.4, -0.2) is 61.0 Å². The van der Waals surface area contributed by atoms with Crippen molar-refractivity contribution in [2.45, 2.75) is 6.54 Å². The fourth-order valence-corrected chi connectivity index (χ4v) is 2.41. The van der Waals surface area contributed by atoms with E-state index in [2.05, 4.69) is 15.0 Å². The third kappa shape index (κ3) is 3.25. The largest absolute Gasteiger partial charge is 0.520 e. The van der Waals surface area contributed by atoms with E-state index < -0.39 is 28.6 Å². The average Bonchev–Trinajstić information content (AvgIpc) is 3.09. The summed E-state index contributed by atoms with van der Waals surface area (Å²) in [6, 6.07) is 6.70. The molecule has 0 unspecified atom stereocenters. The van der Waals surface area contributed by atoms with Gasteiger partial charge in [-0.3, -0.25) is 14.8 Å². The number of hydrogen-bond acceptors (Lipinski definition) is 6. The van der Waals surface area contributed by atoms with Gasteiger partial charge < -0.3 is 15.8 Å². The molecule has 3 rings (SSSR count). The first-order valence-electron chi connectivity index (χ1n) is 8.12. The Kier molecular flexibility index (Phi) is 4.53. The first-order valence-corrected chi connectivity index (χ1v) is 8.12. The lowest BCUT2D eigenvalue weighted by atomic mass is 10.1. The lowest BCUT2D eigenvalue weighted by Gasteiger charge is -2.19. The van der Waals surface area contributed by atoms with Crippen molar-refractivity contribution in [2.24, 2.45) is 5.73 Å². The van der Waals surface area contributed by atoms with Gasteiger partial charge in [0.05, 0.1) is 14.1 Å². The Morgan fingerprint density at radius 2 is 1.93 bits per heavy atom. The summed E-state index contributed by atoms with van der Waals surface area (Å²) in [6.45, 7) is -0.442. The van der Waals surface area contributed by atoms with Crippen LogP contribution in [0.5, 0.6) is 0 Å². The number of hydrogen-bond donors (Lipinski definition) is 4. The first kappa shape index (κ1) is 18.9. The third-order valence-corrected chi connectivity index (χ3v) is 4.36. The molecule has 0 fully saturated rings. The van der Waals surface area contributed by atoms with Crippen molar-refractivity contribution in [3.05, 3.63) is 46.5 Å². The van der Waals surface area contributed by atoms with Crippen molar-refractivity contribution in [3.63, 3.8) is 0 Å². The van der Waals surface area contributed by atoms with E-state index in [0.717, 1.165) is 10.9 Å². The van der Waals surface area contributed by atoms with Crippen LogP contribution in [0.2, 0.25) is 0 Å². The number of imide groups is 1. The van der Waals surface area contributed by atoms with Crippen molar-refractivity contribution in [3.8, 4) is 11.4 Å². The fourth-order valence-electron chi connectivity index (χ4n) is 2.41. The Labute approximate surface area is 158 Å². The molecule has 0 atom stereocenters. The number of carboxylic acid groups (broad SMARTS) is 1. The normalized spacial score (nSPS) is 11.5. The number of nitrogens with one attached hydrogen (secondary N) is 2. The number of quaternary nitrogens is 1. The molecule has 0 radical (unpaired) electrons. The molecule has 0 aliphatic heterocycles. The molecule has 0 saturated carbocycles. The molecule has 0 aliphatic carbocycles. The summed E-state index contributed by atoms with van der Waals surface area (Å²) in [5, 5.41) is 16.5. The number of carbonyl (C=O) groups is 2. The maximum atomic E-state index is 12.6. The van der Waals surface area contributed by atoms with E-state index in [9.17, 15) is 14.4 Å². The highest BCUT2D eigenvalue weighted by molar-refractivity contribution is 5.95. The van der Waals surface area contributed by atoms with Gasteiger partial charge in [-0.1, -0.05) is 24.3 Å². The van der Waals surface area contributed by atoms with E-state index in [4.69, 9.17) is 16.2 Å². The summed E-state index contributed by atoms with van der Waals surface area (Å²) in [6.07, 6.45) is -0.168. The van der Waals surface area contributed by atoms with E-state index >= 15 is 0 Å². The zero-order chi connectivity index (χ0) is 20.6. The number of fused-ring (bicyclic) bond motifs is 1. The minimum absolute atomic E-state index is 0.0620. The van der Waals surface area contributed by atoms with Gasteiger partial charge in [-0.25, -0.2) is 14.8 Å². The van der Waals surface area contributed by atoms with Crippen molar-refractivity contribution in [2.75, 3.05) is 14.1 Å². The number of aromatic amines is 1. The molecule has 0 spiro atoms. The zero-order valence-electron chi connectivity index (χ0n) is 15.1. The Hall–Kier alpha value is -3.86. The molecular formula is C17H18N7O4+. The second kappa shape index (κ2) is 6.70. The summed E-state index contributed by atoms with van der Waals surface area (Å²) in [5.41, 5.74) is 6.38. The van der Waals surface area contributed by atoms with Gasteiger partial charge in [-0.05, 0) is 0 Å². The number of amidine groups is 1. The number of amides is 2. The maximum absolute atomic E-state index is 12.6. The highest BCUT2D eigenvalue weighted by atomic mass is 16.4. The molecule has 1 aromatic carbocycles. The Balaban J connectivity index is 1.97. The second-order valence-electron chi connectivity index (χ2n) is 6.58. The number of nitrogens with two attached hydrogens (primary N) is 1. The number of carbonyl (C=O) groups excluding carboxylic acids is 1. The fraction of sp³-hybridized carbons (Fsp3) is 0.176. The van der Waals surface area contributed by atoms with Crippen molar-refractivity contribution >= 4 is 29.0 Å². The number of H-pyrrole nitrogens is 1. The van der Waals surface area contributed by atoms with Crippen LogP contribution >= 0.6 is 0 Å². The predicted octanol–water partition coefficient (Wildman–Crippen LogP) is 0.352. The molecule has 2 amide bonds. The van der Waals surface area contributed by atoms with Crippen LogP contribution in [-0.2, 0) is 11.3 Å². The monoisotopic (exact) mass is 384 g/mol. The lowest BCUT2D eigenvalue weighted by molar-refractivity contribution is -0.738. The topological polar surface area (TPSA) is 168 Å². The Bertz CT molecular complexity index is 1160. The number of aromatic nitrogens is 4. The van der Waals surface area contributed by atoms with Gasteiger partial charge in [0.1, 0.15) is 24.5 Å². The number of nitrogens with zero attached hydrogens (tertiary/aromatic N) is 4. The predicted molar refractivity (Wildman–Crippen MR) is 99.7 cm³/mol. The van der Waals surface area contributed by atoms with Crippen LogP contribution in [0.1, 0.15) is 5.56 Å². The Morgan fingerprint density at radius 3 is 2.50 bits per heavy atom. The van der Waals surface area contributed by atoms with Crippen LogP contribution < -0.4 is 11.3 Å². The summed E-state index contributed by atoms with van der Waals surface area (Å²) in [5.74, 6) is -0.358. The standard InChI is InChI=1S/C17H17N7O4/c1-24(2,17(27)28)11(25)7-23-8-20-15-12(16(23)26)21-14(22-15)10-5-3-9(4-6-10)13(18)19/h3-6,8H,7H2,1-2H3,(H4-,18,19,21,22,26,27,28)/p+1. The van der Waals surface area contributed by atoms with Gasteiger partial charge in [0, 0.05) is 11.1 Å². The number of benzene rings is 1. The van der Waals surface area contributed by atoms with E-state index in [-0.39, 0.29) is 17.0 Å². The quantitative estimate of drug-likeness (QED) is 0.286. The summed E-state index contributed by atoms with van der Waals surface area (Å²) >= 11 is 0. The summed E-state index contributed by atoms with van der Waals surface area (Å²) in [7, 11) is 2.45. The summed E-state index contributed by atoms with van der Waals surface area (Å²) in [4.78, 5) is 47.3. The van der Waals surface area contributed by atoms with Crippen LogP contribution in [0.3, 0.4) is 0 Å². The minimum Gasteiger partial charge on any atom is -0.435 e. The van der Waals surface area contributed by atoms with E-state index in [1.165, 1.54) is 14.1 Å². The molecule has 5 N–H and O–H groups in total. The highest BCUT2D eigenvalue weighted by Gasteiger charge is 2.35. The van der Waals surface area contributed by atoms with Crippen LogP contribution in [0, 0.1) is 5.41 Å².